The van der Waals surface area contributed by atoms with Crippen molar-refractivity contribution in [2.75, 3.05) is 21.3 Å². The topological polar surface area (TPSA) is 54.0 Å². The largest absolute Gasteiger partial charge is 0.497 e. The van der Waals surface area contributed by atoms with Gasteiger partial charge in [0.15, 0.2) is 5.78 Å². The fourth-order valence-electron chi connectivity index (χ4n) is 3.70. The lowest BCUT2D eigenvalue weighted by Crippen LogP contribution is -2.00. The van der Waals surface area contributed by atoms with Crippen LogP contribution in [-0.2, 0) is 6.61 Å². The summed E-state index contributed by atoms with van der Waals surface area (Å²) < 4.78 is 22.1. The summed E-state index contributed by atoms with van der Waals surface area (Å²) >= 11 is 0. The van der Waals surface area contributed by atoms with Gasteiger partial charge in [0.1, 0.15) is 29.6 Å². The third-order valence-electron chi connectivity index (χ3n) is 5.52. The van der Waals surface area contributed by atoms with E-state index in [0.29, 0.717) is 23.7 Å². The molecule has 0 unspecified atom stereocenters. The molecule has 0 aromatic heterocycles. The van der Waals surface area contributed by atoms with Gasteiger partial charge in [0.05, 0.1) is 26.9 Å². The Morgan fingerprint density at radius 1 is 0.735 bits per heavy atom. The Morgan fingerprint density at radius 3 is 2.24 bits per heavy atom. The number of carbonyl (C=O) groups is 1. The van der Waals surface area contributed by atoms with Gasteiger partial charge in [-0.05, 0) is 64.9 Å². The fourth-order valence-corrected chi connectivity index (χ4v) is 3.70. The molecular weight excluding hydrogens is 428 g/mol. The van der Waals surface area contributed by atoms with Crippen LogP contribution >= 0.6 is 0 Å². The number of fused-ring (bicyclic) bond motifs is 1. The van der Waals surface area contributed by atoms with Crippen LogP contribution in [0.25, 0.3) is 16.8 Å². The maximum atomic E-state index is 12.8. The number of rotatable bonds is 9. The molecule has 0 N–H and O–H groups in total. The van der Waals surface area contributed by atoms with Crippen LogP contribution in [-0.4, -0.2) is 27.1 Å². The molecule has 5 heteroatoms. The van der Waals surface area contributed by atoms with E-state index in [-0.39, 0.29) is 5.78 Å². The van der Waals surface area contributed by atoms with E-state index in [2.05, 4.69) is 12.1 Å². The minimum absolute atomic E-state index is 0.180. The van der Waals surface area contributed by atoms with Gasteiger partial charge in [-0.3, -0.25) is 4.79 Å². The number of ether oxygens (including phenoxy) is 4. The third-order valence-corrected chi connectivity index (χ3v) is 5.52. The minimum atomic E-state index is -0.180. The fraction of sp³-hybridized carbons (Fsp3) is 0.138. The van der Waals surface area contributed by atoms with Crippen molar-refractivity contribution in [3.8, 4) is 23.0 Å². The Labute approximate surface area is 199 Å². The van der Waals surface area contributed by atoms with Crippen LogP contribution in [0.15, 0.2) is 84.9 Å². The van der Waals surface area contributed by atoms with Gasteiger partial charge < -0.3 is 18.9 Å². The van der Waals surface area contributed by atoms with Crippen LogP contribution < -0.4 is 18.9 Å². The van der Waals surface area contributed by atoms with Crippen molar-refractivity contribution < 1.29 is 23.7 Å². The Balaban J connectivity index is 1.52. The Hall–Kier alpha value is -4.25. The molecule has 5 nitrogen and oxygen atoms in total. The van der Waals surface area contributed by atoms with Gasteiger partial charge >= 0.3 is 0 Å². The van der Waals surface area contributed by atoms with Crippen LogP contribution in [0, 0.1) is 0 Å². The van der Waals surface area contributed by atoms with E-state index in [9.17, 15) is 4.79 Å². The number of carbonyl (C=O) groups excluding carboxylic acids is 1. The highest BCUT2D eigenvalue weighted by atomic mass is 16.5. The molecule has 4 aromatic carbocycles. The van der Waals surface area contributed by atoms with E-state index in [1.54, 1.807) is 38.5 Å². The minimum Gasteiger partial charge on any atom is -0.497 e. The first-order valence-corrected chi connectivity index (χ1v) is 10.8. The highest BCUT2D eigenvalue weighted by Crippen LogP contribution is 2.27. The van der Waals surface area contributed by atoms with Crippen molar-refractivity contribution >= 4 is 22.6 Å². The Bertz CT molecular complexity index is 1340. The van der Waals surface area contributed by atoms with Gasteiger partial charge in [-0.15, -0.1) is 0 Å². The van der Waals surface area contributed by atoms with E-state index < -0.39 is 0 Å². The van der Waals surface area contributed by atoms with Gasteiger partial charge in [0, 0.05) is 5.56 Å². The monoisotopic (exact) mass is 454 g/mol. The molecule has 34 heavy (non-hydrogen) atoms. The first kappa shape index (κ1) is 22.9. The zero-order valence-corrected chi connectivity index (χ0v) is 19.4. The normalized spacial score (nSPS) is 10.9. The Morgan fingerprint density at radius 2 is 1.47 bits per heavy atom. The number of benzene rings is 4. The van der Waals surface area contributed by atoms with Crippen LogP contribution in [0.3, 0.4) is 0 Å². The predicted molar refractivity (Wildman–Crippen MR) is 134 cm³/mol. The average molecular weight is 455 g/mol. The smallest absolute Gasteiger partial charge is 0.189 e. The maximum absolute atomic E-state index is 12.8. The molecule has 0 saturated carbocycles. The molecule has 0 heterocycles. The molecule has 0 fully saturated rings. The summed E-state index contributed by atoms with van der Waals surface area (Å²) in [4.78, 5) is 12.8. The highest BCUT2D eigenvalue weighted by molar-refractivity contribution is 6.08. The number of hydrogen-bond acceptors (Lipinski definition) is 5. The number of methoxy groups -OCH3 is 3. The molecule has 0 atom stereocenters. The molecule has 0 aliphatic carbocycles. The third kappa shape index (κ3) is 5.21. The van der Waals surface area contributed by atoms with E-state index >= 15 is 0 Å². The van der Waals surface area contributed by atoms with Crippen molar-refractivity contribution in [1.82, 2.24) is 0 Å². The van der Waals surface area contributed by atoms with Gasteiger partial charge in [-0.2, -0.15) is 0 Å². The lowest BCUT2D eigenvalue weighted by atomic mass is 10.1. The number of ketones is 1. The van der Waals surface area contributed by atoms with Crippen molar-refractivity contribution in [3.05, 3.63) is 102 Å². The maximum Gasteiger partial charge on any atom is 0.189 e. The molecule has 0 bridgehead atoms. The second-order valence-electron chi connectivity index (χ2n) is 7.63. The predicted octanol–water partition coefficient (Wildman–Crippen LogP) is 6.34. The van der Waals surface area contributed by atoms with E-state index in [1.165, 1.54) is 13.2 Å². The van der Waals surface area contributed by atoms with E-state index in [4.69, 9.17) is 18.9 Å². The second-order valence-corrected chi connectivity index (χ2v) is 7.63. The summed E-state index contributed by atoms with van der Waals surface area (Å²) in [6, 6.07) is 25.0. The molecule has 0 aliphatic heterocycles. The summed E-state index contributed by atoms with van der Waals surface area (Å²) in [5.41, 5.74) is 2.17. The average Bonchev–Trinajstić information content (AvgIpc) is 2.90. The molecule has 0 radical (unpaired) electrons. The Kier molecular flexibility index (Phi) is 7.13. The summed E-state index contributed by atoms with van der Waals surface area (Å²) in [5, 5.41) is 2.28. The van der Waals surface area contributed by atoms with Gasteiger partial charge in [0.25, 0.3) is 0 Å². The standard InChI is InChI=1S/C29H26O5/c1-31-24-12-15-29(33-3)26(18-24)27(30)13-8-20-9-14-28(32-2)23(16-20)19-34-25-11-10-21-6-4-5-7-22(21)17-25/h4-18H,19H2,1-3H3/b13-8+. The molecule has 0 spiro atoms. The molecule has 0 saturated heterocycles. The highest BCUT2D eigenvalue weighted by Gasteiger charge is 2.12. The van der Waals surface area contributed by atoms with Crippen LogP contribution in [0.2, 0.25) is 0 Å². The first-order valence-electron chi connectivity index (χ1n) is 10.8. The van der Waals surface area contributed by atoms with Crippen LogP contribution in [0.5, 0.6) is 23.0 Å². The lowest BCUT2D eigenvalue weighted by molar-refractivity contribution is 0.104. The lowest BCUT2D eigenvalue weighted by Gasteiger charge is -2.12. The zero-order valence-electron chi connectivity index (χ0n) is 19.4. The van der Waals surface area contributed by atoms with Crippen LogP contribution in [0.1, 0.15) is 21.5 Å². The van der Waals surface area contributed by atoms with E-state index in [1.807, 2.05) is 48.5 Å². The van der Waals surface area contributed by atoms with Crippen molar-refractivity contribution in [1.29, 1.82) is 0 Å². The number of allylic oxidation sites excluding steroid dienone is 1. The molecule has 0 amide bonds. The van der Waals surface area contributed by atoms with Crippen molar-refractivity contribution in [3.63, 3.8) is 0 Å². The first-order chi connectivity index (χ1) is 16.6. The number of hydrogen-bond donors (Lipinski definition) is 0. The van der Waals surface area contributed by atoms with Crippen molar-refractivity contribution in [2.45, 2.75) is 6.61 Å². The zero-order chi connectivity index (χ0) is 23.9. The van der Waals surface area contributed by atoms with E-state index in [0.717, 1.165) is 33.4 Å². The van der Waals surface area contributed by atoms with Gasteiger partial charge in [-0.25, -0.2) is 0 Å². The summed E-state index contributed by atoms with van der Waals surface area (Å²) in [5.74, 6) is 2.41. The molecule has 4 rings (SSSR count). The SMILES string of the molecule is COc1ccc(OC)c(C(=O)/C=C/c2ccc(OC)c(COc3ccc4ccccc4c3)c2)c1. The summed E-state index contributed by atoms with van der Waals surface area (Å²) in [7, 11) is 4.72. The molecule has 4 aromatic rings. The summed E-state index contributed by atoms with van der Waals surface area (Å²) in [6.07, 6.45) is 3.29. The van der Waals surface area contributed by atoms with Crippen molar-refractivity contribution in [2.24, 2.45) is 0 Å². The molecule has 172 valence electrons. The molecular formula is C29H26O5. The van der Waals surface area contributed by atoms with Gasteiger partial charge in [-0.1, -0.05) is 42.5 Å². The quantitative estimate of drug-likeness (QED) is 0.218. The molecule has 0 aliphatic rings. The van der Waals surface area contributed by atoms with Crippen LogP contribution in [0.4, 0.5) is 0 Å². The summed E-state index contributed by atoms with van der Waals surface area (Å²) in [6.45, 7) is 0.334. The van der Waals surface area contributed by atoms with Gasteiger partial charge in [0.2, 0.25) is 0 Å². The second kappa shape index (κ2) is 10.6.